The predicted molar refractivity (Wildman–Crippen MR) is 84.5 cm³/mol. The zero-order valence-electron chi connectivity index (χ0n) is 13.2. The maximum atomic E-state index is 12.1. The van der Waals surface area contributed by atoms with Crippen molar-refractivity contribution in [3.8, 4) is 0 Å². The van der Waals surface area contributed by atoms with E-state index >= 15 is 0 Å². The second-order valence-corrected chi connectivity index (χ2v) is 6.23. The highest BCUT2D eigenvalue weighted by Crippen LogP contribution is 2.22. The fourth-order valence-electron chi connectivity index (χ4n) is 2.46. The summed E-state index contributed by atoms with van der Waals surface area (Å²) in [6.45, 7) is 8.95. The Morgan fingerprint density at radius 3 is 2.67 bits per heavy atom. The second-order valence-electron chi connectivity index (χ2n) is 6.23. The number of carbonyl (C=O) groups excluding carboxylic acids is 1. The molecule has 1 aliphatic rings. The van der Waals surface area contributed by atoms with Crippen LogP contribution in [0.15, 0.2) is 24.3 Å². The van der Waals surface area contributed by atoms with Gasteiger partial charge in [-0.1, -0.05) is 45.0 Å². The van der Waals surface area contributed by atoms with Crippen molar-refractivity contribution in [2.75, 3.05) is 26.3 Å². The number of morpholine rings is 1. The van der Waals surface area contributed by atoms with Gasteiger partial charge in [0.05, 0.1) is 13.2 Å². The van der Waals surface area contributed by atoms with Crippen molar-refractivity contribution in [2.45, 2.75) is 38.6 Å². The van der Waals surface area contributed by atoms with E-state index in [4.69, 9.17) is 4.74 Å². The van der Waals surface area contributed by atoms with Crippen LogP contribution in [0.25, 0.3) is 0 Å². The molecule has 1 saturated heterocycles. The average molecular weight is 290 g/mol. The zero-order valence-corrected chi connectivity index (χ0v) is 13.2. The summed E-state index contributed by atoms with van der Waals surface area (Å²) in [4.78, 5) is 12.1. The number of aryl methyl sites for hydroxylation is 1. The lowest BCUT2D eigenvalue weighted by Gasteiger charge is -2.28. The number of rotatable bonds is 5. The Morgan fingerprint density at radius 2 is 2.10 bits per heavy atom. The first-order valence-corrected chi connectivity index (χ1v) is 7.71. The Hall–Kier alpha value is -1.39. The number of hydrogen-bond acceptors (Lipinski definition) is 3. The fourth-order valence-corrected chi connectivity index (χ4v) is 2.46. The lowest BCUT2D eigenvalue weighted by atomic mass is 9.84. The van der Waals surface area contributed by atoms with Crippen molar-refractivity contribution in [2.24, 2.45) is 0 Å². The predicted octanol–water partition coefficient (Wildman–Crippen LogP) is 1.63. The van der Waals surface area contributed by atoms with Crippen molar-refractivity contribution in [1.82, 2.24) is 10.6 Å². The van der Waals surface area contributed by atoms with E-state index in [2.05, 4.69) is 55.7 Å². The number of hydrogen-bond donors (Lipinski definition) is 2. The molecule has 1 aliphatic heterocycles. The third kappa shape index (κ3) is 4.29. The molecule has 0 aliphatic carbocycles. The van der Waals surface area contributed by atoms with Crippen LogP contribution >= 0.6 is 0 Å². The molecule has 1 aromatic carbocycles. The minimum Gasteiger partial charge on any atom is -0.378 e. The molecular weight excluding hydrogens is 264 g/mol. The molecule has 1 amide bonds. The average Bonchev–Trinajstić information content (AvgIpc) is 2.53. The molecule has 4 heteroatoms. The minimum absolute atomic E-state index is 0.0213. The van der Waals surface area contributed by atoms with Crippen molar-refractivity contribution in [3.63, 3.8) is 0 Å². The molecule has 4 nitrogen and oxygen atoms in total. The summed E-state index contributed by atoms with van der Waals surface area (Å²) in [5.41, 5.74) is 2.49. The van der Waals surface area contributed by atoms with Gasteiger partial charge in [-0.05, 0) is 17.5 Å². The molecule has 2 N–H and O–H groups in total. The number of ether oxygens (including phenoxy) is 1. The topological polar surface area (TPSA) is 50.4 Å². The quantitative estimate of drug-likeness (QED) is 0.866. The van der Waals surface area contributed by atoms with Crippen LogP contribution in [0.1, 0.15) is 31.9 Å². The maximum absolute atomic E-state index is 12.1. The molecule has 1 fully saturated rings. The molecule has 0 bridgehead atoms. The first-order valence-electron chi connectivity index (χ1n) is 7.71. The van der Waals surface area contributed by atoms with Crippen LogP contribution in [0.2, 0.25) is 0 Å². The van der Waals surface area contributed by atoms with E-state index in [9.17, 15) is 4.79 Å². The Kier molecular flexibility index (Phi) is 5.37. The van der Waals surface area contributed by atoms with Gasteiger partial charge in [0.25, 0.3) is 0 Å². The molecule has 1 heterocycles. The summed E-state index contributed by atoms with van der Waals surface area (Å²) < 4.78 is 5.32. The number of carbonyl (C=O) groups is 1. The third-order valence-electron chi connectivity index (χ3n) is 4.09. The van der Waals surface area contributed by atoms with Crippen LogP contribution in [-0.2, 0) is 21.4 Å². The van der Waals surface area contributed by atoms with Crippen molar-refractivity contribution in [3.05, 3.63) is 35.4 Å². The molecule has 0 radical (unpaired) electrons. The van der Waals surface area contributed by atoms with Crippen LogP contribution in [0, 0.1) is 0 Å². The maximum Gasteiger partial charge on any atom is 0.239 e. The van der Waals surface area contributed by atoms with Gasteiger partial charge in [0.1, 0.15) is 6.04 Å². The largest absolute Gasteiger partial charge is 0.378 e. The molecule has 116 valence electrons. The minimum atomic E-state index is -0.225. The highest BCUT2D eigenvalue weighted by molar-refractivity contribution is 5.82. The van der Waals surface area contributed by atoms with Gasteiger partial charge in [-0.15, -0.1) is 0 Å². The van der Waals surface area contributed by atoms with E-state index in [-0.39, 0.29) is 17.4 Å². The van der Waals surface area contributed by atoms with E-state index < -0.39 is 0 Å². The Labute approximate surface area is 127 Å². The molecule has 0 spiro atoms. The molecule has 1 aromatic rings. The van der Waals surface area contributed by atoms with Crippen molar-refractivity contribution < 1.29 is 9.53 Å². The molecule has 1 atom stereocenters. The van der Waals surface area contributed by atoms with Gasteiger partial charge in [0.15, 0.2) is 0 Å². The van der Waals surface area contributed by atoms with E-state index in [0.29, 0.717) is 19.8 Å². The summed E-state index contributed by atoms with van der Waals surface area (Å²) >= 11 is 0. The van der Waals surface area contributed by atoms with Gasteiger partial charge in [-0.3, -0.25) is 4.79 Å². The molecule has 0 aromatic heterocycles. The number of amides is 1. The van der Waals surface area contributed by atoms with Crippen LogP contribution in [0.5, 0.6) is 0 Å². The summed E-state index contributed by atoms with van der Waals surface area (Å²) in [6.07, 6.45) is 1.05. The first kappa shape index (κ1) is 16.0. The van der Waals surface area contributed by atoms with E-state index in [0.717, 1.165) is 13.0 Å². The van der Waals surface area contributed by atoms with Gasteiger partial charge in [-0.25, -0.2) is 0 Å². The standard InChI is InChI=1S/C17H26N2O2/c1-4-13-5-7-14(8-6-13)17(2,3)12-19-16(20)15-11-21-10-9-18-15/h5-8,15,18H,4,9-12H2,1-3H3,(H,19,20). The second kappa shape index (κ2) is 7.05. The highest BCUT2D eigenvalue weighted by Gasteiger charge is 2.25. The summed E-state index contributed by atoms with van der Waals surface area (Å²) in [6, 6.07) is 8.42. The first-order chi connectivity index (χ1) is 10.0. The zero-order chi connectivity index (χ0) is 15.3. The lowest BCUT2D eigenvalue weighted by molar-refractivity contribution is -0.126. The SMILES string of the molecule is CCc1ccc(C(C)(C)CNC(=O)C2COCCN2)cc1. The van der Waals surface area contributed by atoms with E-state index in [1.54, 1.807) is 0 Å². The lowest BCUT2D eigenvalue weighted by Crippen LogP contribution is -2.52. The van der Waals surface area contributed by atoms with Gasteiger partial charge in [0.2, 0.25) is 5.91 Å². The monoisotopic (exact) mass is 290 g/mol. The normalized spacial score (nSPS) is 19.3. The smallest absolute Gasteiger partial charge is 0.239 e. The third-order valence-corrected chi connectivity index (χ3v) is 4.09. The summed E-state index contributed by atoms with van der Waals surface area (Å²) in [5, 5.41) is 6.21. The molecular formula is C17H26N2O2. The molecule has 1 unspecified atom stereocenters. The van der Waals surface area contributed by atoms with E-state index in [1.165, 1.54) is 11.1 Å². The van der Waals surface area contributed by atoms with Crippen molar-refractivity contribution in [1.29, 1.82) is 0 Å². The van der Waals surface area contributed by atoms with Gasteiger partial charge in [0, 0.05) is 18.5 Å². The van der Waals surface area contributed by atoms with E-state index in [1.807, 2.05) is 0 Å². The number of benzene rings is 1. The molecule has 2 rings (SSSR count). The fraction of sp³-hybridized carbons (Fsp3) is 0.588. The molecule has 21 heavy (non-hydrogen) atoms. The van der Waals surface area contributed by atoms with Crippen LogP contribution in [0.3, 0.4) is 0 Å². The van der Waals surface area contributed by atoms with Crippen LogP contribution < -0.4 is 10.6 Å². The van der Waals surface area contributed by atoms with Gasteiger partial charge >= 0.3 is 0 Å². The highest BCUT2D eigenvalue weighted by atomic mass is 16.5. The summed E-state index contributed by atoms with van der Waals surface area (Å²) in [5.74, 6) is 0.0213. The van der Waals surface area contributed by atoms with Gasteiger partial charge in [-0.2, -0.15) is 0 Å². The molecule has 0 saturated carbocycles. The number of nitrogens with one attached hydrogen (secondary N) is 2. The van der Waals surface area contributed by atoms with Crippen LogP contribution in [0.4, 0.5) is 0 Å². The Morgan fingerprint density at radius 1 is 1.38 bits per heavy atom. The summed E-state index contributed by atoms with van der Waals surface area (Å²) in [7, 11) is 0. The Bertz CT molecular complexity index is 462. The van der Waals surface area contributed by atoms with Crippen molar-refractivity contribution >= 4 is 5.91 Å². The van der Waals surface area contributed by atoms with Crippen LogP contribution in [-0.4, -0.2) is 38.3 Å². The van der Waals surface area contributed by atoms with Gasteiger partial charge < -0.3 is 15.4 Å². The Balaban J connectivity index is 1.91.